The van der Waals surface area contributed by atoms with Gasteiger partial charge in [0.15, 0.2) is 8.32 Å². The Labute approximate surface area is 218 Å². The number of imidazole rings is 2. The quantitative estimate of drug-likeness (QED) is 0.286. The highest BCUT2D eigenvalue weighted by Gasteiger charge is 2.37. The van der Waals surface area contributed by atoms with Crippen LogP contribution >= 0.6 is 0 Å². The van der Waals surface area contributed by atoms with E-state index in [0.29, 0.717) is 12.3 Å². The molecule has 2 heterocycles. The summed E-state index contributed by atoms with van der Waals surface area (Å²) in [5.41, 5.74) is 3.26. The number of aliphatic hydroxyl groups is 1. The molecule has 0 bridgehead atoms. The van der Waals surface area contributed by atoms with Crippen LogP contribution in [0.4, 0.5) is 8.78 Å². The Hall–Kier alpha value is -3.14. The van der Waals surface area contributed by atoms with Gasteiger partial charge in [0.05, 0.1) is 24.6 Å². The van der Waals surface area contributed by atoms with E-state index in [9.17, 15) is 8.78 Å². The molecule has 0 aliphatic rings. The lowest BCUT2D eigenvalue weighted by atomic mass is 10.2. The lowest BCUT2D eigenvalue weighted by Crippen LogP contribution is -2.40. The predicted octanol–water partition coefficient (Wildman–Crippen LogP) is 6.65. The van der Waals surface area contributed by atoms with Gasteiger partial charge in [-0.15, -0.1) is 0 Å². The van der Waals surface area contributed by atoms with Crippen molar-refractivity contribution in [3.05, 3.63) is 95.6 Å². The van der Waals surface area contributed by atoms with E-state index in [1.165, 1.54) is 24.3 Å². The van der Waals surface area contributed by atoms with E-state index < -0.39 is 8.32 Å². The molecular weight excluding hydrogens is 490 g/mol. The molecule has 0 aliphatic carbocycles. The van der Waals surface area contributed by atoms with E-state index in [4.69, 9.17) is 9.53 Å². The van der Waals surface area contributed by atoms with Gasteiger partial charge in [-0.25, -0.2) is 18.7 Å². The second kappa shape index (κ2) is 11.5. The van der Waals surface area contributed by atoms with Gasteiger partial charge in [0.2, 0.25) is 0 Å². The average molecular weight is 527 g/mol. The number of halogens is 2. The highest BCUT2D eigenvalue weighted by atomic mass is 28.4. The fraction of sp³-hybridized carbons (Fsp3) is 0.357. The number of hydrogen-bond donors (Lipinski definition) is 1. The summed E-state index contributed by atoms with van der Waals surface area (Å²) in [6, 6.07) is 12.6. The van der Waals surface area contributed by atoms with Crippen LogP contribution in [-0.4, -0.2) is 32.5 Å². The first-order valence-corrected chi connectivity index (χ1v) is 15.1. The molecule has 6 nitrogen and oxygen atoms in total. The Kier molecular flexibility index (Phi) is 8.83. The van der Waals surface area contributed by atoms with Gasteiger partial charge in [0, 0.05) is 23.8 Å². The van der Waals surface area contributed by atoms with Crippen LogP contribution in [0.3, 0.4) is 0 Å². The van der Waals surface area contributed by atoms with Crippen LogP contribution in [0, 0.1) is 25.5 Å². The number of nitrogens with zero attached hydrogens (tertiary/aromatic N) is 4. The second-order valence-electron chi connectivity index (χ2n) is 10.5. The lowest BCUT2D eigenvalue weighted by Gasteiger charge is -2.35. The number of aromatic nitrogens is 4. The molecule has 4 rings (SSSR count). The van der Waals surface area contributed by atoms with Crippen molar-refractivity contribution < 1.29 is 18.3 Å². The smallest absolute Gasteiger partial charge is 0.192 e. The van der Waals surface area contributed by atoms with Gasteiger partial charge in [0.1, 0.15) is 23.3 Å². The zero-order valence-electron chi connectivity index (χ0n) is 22.6. The maximum absolute atomic E-state index is 13.0. The molecule has 0 saturated carbocycles. The molecule has 0 saturated heterocycles. The Morgan fingerprint density at radius 1 is 0.784 bits per heavy atom. The predicted molar refractivity (Wildman–Crippen MR) is 144 cm³/mol. The first-order chi connectivity index (χ1) is 17.3. The van der Waals surface area contributed by atoms with Crippen molar-refractivity contribution in [3.63, 3.8) is 0 Å². The monoisotopic (exact) mass is 526 g/mol. The van der Waals surface area contributed by atoms with Crippen LogP contribution in [-0.2, 0) is 17.6 Å². The maximum atomic E-state index is 13.0. The first-order valence-electron chi connectivity index (χ1n) is 12.2. The molecule has 0 radical (unpaired) electrons. The summed E-state index contributed by atoms with van der Waals surface area (Å²) in [5, 5.41) is 9.11. The summed E-state index contributed by atoms with van der Waals surface area (Å²) in [4.78, 5) is 8.71. The summed E-state index contributed by atoms with van der Waals surface area (Å²) < 4.78 is 35.7. The summed E-state index contributed by atoms with van der Waals surface area (Å²) in [7, 11) is -1.78. The van der Waals surface area contributed by atoms with Gasteiger partial charge in [0.25, 0.3) is 0 Å². The number of aliphatic hydroxyl groups excluding tert-OH is 1. The molecule has 198 valence electrons. The largest absolute Gasteiger partial charge is 0.411 e. The van der Waals surface area contributed by atoms with Crippen molar-refractivity contribution in [2.75, 3.05) is 0 Å². The minimum absolute atomic E-state index is 0.0883. The zero-order valence-corrected chi connectivity index (χ0v) is 23.6. The number of rotatable bonds is 6. The number of benzene rings is 2. The first kappa shape index (κ1) is 28.4. The molecule has 2 aromatic carbocycles. The van der Waals surface area contributed by atoms with Crippen molar-refractivity contribution in [2.45, 2.75) is 66.0 Å². The van der Waals surface area contributed by atoms with E-state index >= 15 is 0 Å². The number of hydrogen-bond acceptors (Lipinski definition) is 4. The van der Waals surface area contributed by atoms with Crippen molar-refractivity contribution >= 4 is 8.32 Å². The average Bonchev–Trinajstić information content (AvgIpc) is 3.40. The molecule has 9 heteroatoms. The molecule has 4 aromatic rings. The van der Waals surface area contributed by atoms with E-state index in [1.54, 1.807) is 30.5 Å². The zero-order chi connectivity index (χ0) is 27.4. The van der Waals surface area contributed by atoms with Gasteiger partial charge in [-0.05, 0) is 80.5 Å². The molecular formula is C28H36F2N4O2Si. The molecule has 0 unspecified atom stereocenters. The third-order valence-corrected chi connectivity index (χ3v) is 11.1. The highest BCUT2D eigenvalue weighted by molar-refractivity contribution is 6.74. The summed E-state index contributed by atoms with van der Waals surface area (Å²) in [6.07, 6.45) is 3.71. The standard InChI is InChI=1S/C17H25FN2OSi.C11H11FN2O/c1-13-19-15(12-21-22(5,6)17(2,3)4)11-20(13)16-9-7-14(18)8-10-16;1-8-13-10(7-15)6-14(8)11-4-2-9(12)3-5-11/h7-11H,12H2,1-6H3;2-6,15H,7H2,1H3. The van der Waals surface area contributed by atoms with E-state index in [1.807, 2.05) is 29.2 Å². The molecule has 0 spiro atoms. The van der Waals surface area contributed by atoms with E-state index in [0.717, 1.165) is 28.7 Å². The van der Waals surface area contributed by atoms with Crippen LogP contribution in [0.25, 0.3) is 11.4 Å². The van der Waals surface area contributed by atoms with Gasteiger partial charge in [-0.2, -0.15) is 0 Å². The van der Waals surface area contributed by atoms with E-state index in [2.05, 4.69) is 43.8 Å². The van der Waals surface area contributed by atoms with Crippen molar-refractivity contribution in [1.82, 2.24) is 19.1 Å². The van der Waals surface area contributed by atoms with Crippen LogP contribution < -0.4 is 0 Å². The van der Waals surface area contributed by atoms with Crippen molar-refractivity contribution in [2.24, 2.45) is 0 Å². The normalized spacial score (nSPS) is 11.8. The van der Waals surface area contributed by atoms with Gasteiger partial charge >= 0.3 is 0 Å². The van der Waals surface area contributed by atoms with Crippen LogP contribution in [0.15, 0.2) is 60.9 Å². The molecule has 2 aromatic heterocycles. The third kappa shape index (κ3) is 7.21. The van der Waals surface area contributed by atoms with E-state index in [-0.39, 0.29) is 23.3 Å². The van der Waals surface area contributed by atoms with Gasteiger partial charge < -0.3 is 18.7 Å². The summed E-state index contributed by atoms with van der Waals surface area (Å²) >= 11 is 0. The maximum Gasteiger partial charge on any atom is 0.192 e. The Balaban J connectivity index is 0.000000220. The Morgan fingerprint density at radius 3 is 1.57 bits per heavy atom. The SMILES string of the molecule is Cc1nc(CO)cn1-c1ccc(F)cc1.Cc1nc(CO[Si](C)(C)C(C)(C)C)cn1-c1ccc(F)cc1. The molecule has 0 aliphatic heterocycles. The van der Waals surface area contributed by atoms with Crippen molar-refractivity contribution in [1.29, 1.82) is 0 Å². The van der Waals surface area contributed by atoms with Gasteiger partial charge in [-0.3, -0.25) is 0 Å². The molecule has 0 atom stereocenters. The minimum Gasteiger partial charge on any atom is -0.411 e. The van der Waals surface area contributed by atoms with Crippen molar-refractivity contribution in [3.8, 4) is 11.4 Å². The Bertz CT molecular complexity index is 1310. The lowest BCUT2D eigenvalue weighted by molar-refractivity contribution is 0.272. The molecule has 0 fully saturated rings. The second-order valence-corrected chi connectivity index (χ2v) is 15.3. The number of aryl methyl sites for hydroxylation is 2. The fourth-order valence-electron chi connectivity index (χ4n) is 3.41. The topological polar surface area (TPSA) is 65.1 Å². The fourth-order valence-corrected chi connectivity index (χ4v) is 4.35. The van der Waals surface area contributed by atoms with Crippen LogP contribution in [0.5, 0.6) is 0 Å². The highest BCUT2D eigenvalue weighted by Crippen LogP contribution is 2.37. The summed E-state index contributed by atoms with van der Waals surface area (Å²) in [6.45, 7) is 15.3. The molecule has 37 heavy (non-hydrogen) atoms. The Morgan fingerprint density at radius 2 is 1.19 bits per heavy atom. The third-order valence-electron chi connectivity index (χ3n) is 6.62. The molecule has 1 N–H and O–H groups in total. The summed E-state index contributed by atoms with van der Waals surface area (Å²) in [5.74, 6) is 1.15. The van der Waals surface area contributed by atoms with Crippen LogP contribution in [0.1, 0.15) is 43.8 Å². The molecule has 0 amide bonds. The minimum atomic E-state index is -1.78. The van der Waals surface area contributed by atoms with Crippen LogP contribution in [0.2, 0.25) is 18.1 Å². The van der Waals surface area contributed by atoms with Gasteiger partial charge in [-0.1, -0.05) is 20.8 Å².